The fourth-order valence-electron chi connectivity index (χ4n) is 9.46. The van der Waals surface area contributed by atoms with Gasteiger partial charge in [-0.2, -0.15) is 0 Å². The summed E-state index contributed by atoms with van der Waals surface area (Å²) in [4.78, 5) is 12.6. The Bertz CT molecular complexity index is 967. The molecule has 0 fully saturated rings. The molecule has 65 heavy (non-hydrogen) atoms. The van der Waals surface area contributed by atoms with Crippen molar-refractivity contribution in [1.29, 1.82) is 0 Å². The van der Waals surface area contributed by atoms with E-state index in [1.807, 2.05) is 0 Å². The van der Waals surface area contributed by atoms with E-state index in [1.54, 1.807) is 0 Å². The minimum absolute atomic E-state index is 0.310. The summed E-state index contributed by atoms with van der Waals surface area (Å²) in [5, 5.41) is 33.6. The SMILES string of the molecule is CCCCCCCCCCC/C=C\C/C=C\CCCCCCCCCCCCCCCCCCC(O)C(=O)NC(CO)C(O)CCCCCCCCCCCCCCCCCCCCC. The van der Waals surface area contributed by atoms with Crippen molar-refractivity contribution in [2.45, 2.75) is 347 Å². The van der Waals surface area contributed by atoms with E-state index in [4.69, 9.17) is 0 Å². The number of hydrogen-bond acceptors (Lipinski definition) is 4. The summed E-state index contributed by atoms with van der Waals surface area (Å²) in [7, 11) is 0. The molecule has 0 aromatic heterocycles. The number of amides is 1. The van der Waals surface area contributed by atoms with Crippen LogP contribution in [-0.2, 0) is 4.79 Å². The Hall–Kier alpha value is -1.17. The van der Waals surface area contributed by atoms with Crippen molar-refractivity contribution in [1.82, 2.24) is 5.32 Å². The minimum atomic E-state index is -1.07. The Kier molecular flexibility index (Phi) is 54.4. The fraction of sp³-hybridized carbons (Fsp3) is 0.917. The van der Waals surface area contributed by atoms with Gasteiger partial charge in [-0.05, 0) is 44.9 Å². The molecule has 386 valence electrons. The first kappa shape index (κ1) is 63.8. The van der Waals surface area contributed by atoms with Crippen LogP contribution in [0.3, 0.4) is 0 Å². The standard InChI is InChI=1S/C60H117NO4/c1-3-5-7-9-11-13-15-17-19-21-23-24-25-26-27-28-29-30-31-32-33-34-35-37-39-41-43-45-47-49-51-53-55-59(64)60(65)61-57(56-62)58(63)54-52-50-48-46-44-42-40-38-36-22-20-18-16-14-12-10-8-6-4-2/h23-24,26-27,57-59,62-64H,3-22,25,28-56H2,1-2H3,(H,61,65)/b24-23-,27-26-. The quantitative estimate of drug-likeness (QED) is 0.0361. The van der Waals surface area contributed by atoms with Gasteiger partial charge in [-0.25, -0.2) is 0 Å². The Labute approximate surface area is 407 Å². The molecule has 0 spiro atoms. The average molecular weight is 917 g/mol. The average Bonchev–Trinajstić information content (AvgIpc) is 3.31. The highest BCUT2D eigenvalue weighted by Crippen LogP contribution is 2.18. The molecule has 3 atom stereocenters. The zero-order valence-corrected chi connectivity index (χ0v) is 44.1. The zero-order valence-electron chi connectivity index (χ0n) is 44.1. The summed E-state index contributed by atoms with van der Waals surface area (Å²) < 4.78 is 0. The monoisotopic (exact) mass is 916 g/mol. The van der Waals surface area contributed by atoms with Gasteiger partial charge in [-0.1, -0.05) is 308 Å². The molecular weight excluding hydrogens is 799 g/mol. The zero-order chi connectivity index (χ0) is 47.2. The van der Waals surface area contributed by atoms with Gasteiger partial charge in [0.25, 0.3) is 0 Å². The Morgan fingerprint density at radius 1 is 0.369 bits per heavy atom. The lowest BCUT2D eigenvalue weighted by Gasteiger charge is -2.23. The molecule has 5 heteroatoms. The number of carbonyl (C=O) groups is 1. The van der Waals surface area contributed by atoms with Crippen molar-refractivity contribution < 1.29 is 20.1 Å². The fourth-order valence-corrected chi connectivity index (χ4v) is 9.46. The van der Waals surface area contributed by atoms with E-state index in [0.29, 0.717) is 12.8 Å². The molecular formula is C60H117NO4. The van der Waals surface area contributed by atoms with Crippen LogP contribution in [0.1, 0.15) is 328 Å². The second-order valence-corrected chi connectivity index (χ2v) is 20.6. The molecule has 4 N–H and O–H groups in total. The number of unbranched alkanes of at least 4 members (excludes halogenated alkanes) is 43. The molecule has 0 aliphatic rings. The lowest BCUT2D eigenvalue weighted by molar-refractivity contribution is -0.131. The van der Waals surface area contributed by atoms with Crippen molar-refractivity contribution >= 4 is 5.91 Å². The van der Waals surface area contributed by atoms with Crippen LogP contribution < -0.4 is 5.32 Å². The first-order chi connectivity index (χ1) is 32.1. The third-order valence-corrected chi connectivity index (χ3v) is 14.1. The van der Waals surface area contributed by atoms with Gasteiger partial charge in [0.1, 0.15) is 6.10 Å². The number of carbonyl (C=O) groups excluding carboxylic acids is 1. The van der Waals surface area contributed by atoms with Gasteiger partial charge >= 0.3 is 0 Å². The number of aliphatic hydroxyl groups is 3. The summed E-state index contributed by atoms with van der Waals surface area (Å²) >= 11 is 0. The molecule has 0 aliphatic heterocycles. The van der Waals surface area contributed by atoms with E-state index < -0.39 is 24.2 Å². The molecule has 5 nitrogen and oxygen atoms in total. The van der Waals surface area contributed by atoms with Crippen molar-refractivity contribution in [3.8, 4) is 0 Å². The minimum Gasteiger partial charge on any atom is -0.394 e. The van der Waals surface area contributed by atoms with E-state index >= 15 is 0 Å². The van der Waals surface area contributed by atoms with Crippen molar-refractivity contribution in [2.75, 3.05) is 6.61 Å². The van der Waals surface area contributed by atoms with Gasteiger partial charge in [-0.15, -0.1) is 0 Å². The third kappa shape index (κ3) is 50.5. The van der Waals surface area contributed by atoms with Crippen LogP contribution in [0.4, 0.5) is 0 Å². The molecule has 1 amide bonds. The summed E-state index contributed by atoms with van der Waals surface area (Å²) in [5.41, 5.74) is 0. The van der Waals surface area contributed by atoms with Crippen LogP contribution in [-0.4, -0.2) is 46.1 Å². The molecule has 0 aromatic carbocycles. The lowest BCUT2D eigenvalue weighted by atomic mass is 10.0. The smallest absolute Gasteiger partial charge is 0.249 e. The third-order valence-electron chi connectivity index (χ3n) is 14.1. The first-order valence-electron chi connectivity index (χ1n) is 29.6. The van der Waals surface area contributed by atoms with Crippen LogP contribution in [0, 0.1) is 0 Å². The van der Waals surface area contributed by atoms with Crippen molar-refractivity contribution in [2.24, 2.45) is 0 Å². The number of hydrogen-bond donors (Lipinski definition) is 4. The van der Waals surface area contributed by atoms with Crippen LogP contribution in [0.2, 0.25) is 0 Å². The van der Waals surface area contributed by atoms with Gasteiger partial charge in [0.15, 0.2) is 0 Å². The maximum absolute atomic E-state index is 12.6. The van der Waals surface area contributed by atoms with E-state index in [2.05, 4.69) is 43.5 Å². The predicted octanol–water partition coefficient (Wildman–Crippen LogP) is 18.5. The molecule has 0 heterocycles. The first-order valence-corrected chi connectivity index (χ1v) is 29.6. The summed E-state index contributed by atoms with van der Waals surface area (Å²) in [6, 6.07) is -0.711. The second kappa shape index (κ2) is 55.4. The Balaban J connectivity index is 3.50. The van der Waals surface area contributed by atoms with Gasteiger partial charge in [0, 0.05) is 0 Å². The highest BCUT2D eigenvalue weighted by molar-refractivity contribution is 5.80. The van der Waals surface area contributed by atoms with Crippen LogP contribution in [0.15, 0.2) is 24.3 Å². The molecule has 3 unspecified atom stereocenters. The number of rotatable bonds is 55. The normalized spacial score (nSPS) is 13.4. The molecule has 0 radical (unpaired) electrons. The van der Waals surface area contributed by atoms with E-state index in [0.717, 1.165) is 38.5 Å². The van der Waals surface area contributed by atoms with Crippen LogP contribution in [0.25, 0.3) is 0 Å². The van der Waals surface area contributed by atoms with E-state index in [-0.39, 0.29) is 6.61 Å². The van der Waals surface area contributed by atoms with Gasteiger partial charge in [0.05, 0.1) is 18.8 Å². The molecule has 0 rings (SSSR count). The van der Waals surface area contributed by atoms with E-state index in [1.165, 1.54) is 263 Å². The number of nitrogens with one attached hydrogen (secondary N) is 1. The van der Waals surface area contributed by atoms with Gasteiger partial charge in [0.2, 0.25) is 5.91 Å². The maximum atomic E-state index is 12.6. The second-order valence-electron chi connectivity index (χ2n) is 20.6. The van der Waals surface area contributed by atoms with Crippen LogP contribution in [0.5, 0.6) is 0 Å². The number of aliphatic hydroxyl groups excluding tert-OH is 3. The number of allylic oxidation sites excluding steroid dienone is 4. The van der Waals surface area contributed by atoms with Gasteiger partial charge in [-0.3, -0.25) is 4.79 Å². The lowest BCUT2D eigenvalue weighted by Crippen LogP contribution is -2.49. The molecule has 0 saturated carbocycles. The predicted molar refractivity (Wildman–Crippen MR) is 287 cm³/mol. The molecule has 0 saturated heterocycles. The highest BCUT2D eigenvalue weighted by atomic mass is 16.3. The molecule has 0 aliphatic carbocycles. The van der Waals surface area contributed by atoms with Crippen LogP contribution >= 0.6 is 0 Å². The van der Waals surface area contributed by atoms with Crippen molar-refractivity contribution in [3.63, 3.8) is 0 Å². The molecule has 0 bridgehead atoms. The largest absolute Gasteiger partial charge is 0.394 e. The molecule has 0 aromatic rings. The summed E-state index contributed by atoms with van der Waals surface area (Å²) in [6.45, 7) is 4.27. The summed E-state index contributed by atoms with van der Waals surface area (Å²) in [6.07, 6.45) is 70.9. The maximum Gasteiger partial charge on any atom is 0.249 e. The van der Waals surface area contributed by atoms with E-state index in [9.17, 15) is 20.1 Å². The topological polar surface area (TPSA) is 89.8 Å². The Morgan fingerprint density at radius 2 is 0.631 bits per heavy atom. The Morgan fingerprint density at radius 3 is 0.923 bits per heavy atom. The van der Waals surface area contributed by atoms with Gasteiger partial charge < -0.3 is 20.6 Å². The van der Waals surface area contributed by atoms with Crippen molar-refractivity contribution in [3.05, 3.63) is 24.3 Å². The summed E-state index contributed by atoms with van der Waals surface area (Å²) in [5.74, 6) is -0.465. The highest BCUT2D eigenvalue weighted by Gasteiger charge is 2.23.